The Morgan fingerprint density at radius 1 is 1.19 bits per heavy atom. The minimum absolute atomic E-state index is 0.195. The highest BCUT2D eigenvalue weighted by molar-refractivity contribution is 7.80. The van der Waals surface area contributed by atoms with E-state index in [1.807, 2.05) is 6.92 Å². The van der Waals surface area contributed by atoms with Crippen LogP contribution < -0.4 is 10.6 Å². The normalized spacial score (nSPS) is 11.0. The van der Waals surface area contributed by atoms with Gasteiger partial charge in [-0.25, -0.2) is 0 Å². The second-order valence-corrected chi connectivity index (χ2v) is 5.22. The van der Waals surface area contributed by atoms with Gasteiger partial charge in [-0.15, -0.1) is 0 Å². The van der Waals surface area contributed by atoms with E-state index < -0.39 is 0 Å². The molecule has 0 unspecified atom stereocenters. The first-order chi connectivity index (χ1) is 7.43. The lowest BCUT2D eigenvalue weighted by atomic mass is 9.87. The molecule has 0 fully saturated rings. The minimum Gasteiger partial charge on any atom is -0.363 e. The predicted octanol–water partition coefficient (Wildman–Crippen LogP) is 3.29. The maximum absolute atomic E-state index is 5.12. The fourth-order valence-corrected chi connectivity index (χ4v) is 1.65. The van der Waals surface area contributed by atoms with E-state index in [0.29, 0.717) is 5.11 Å². The van der Waals surface area contributed by atoms with Crippen molar-refractivity contribution < 1.29 is 0 Å². The van der Waals surface area contributed by atoms with Crippen LogP contribution in [0.4, 0.5) is 5.69 Å². The van der Waals surface area contributed by atoms with Crippen molar-refractivity contribution in [1.82, 2.24) is 5.32 Å². The van der Waals surface area contributed by atoms with Gasteiger partial charge in [0, 0.05) is 12.2 Å². The van der Waals surface area contributed by atoms with E-state index in [4.69, 9.17) is 12.2 Å². The Morgan fingerprint density at radius 3 is 2.19 bits per heavy atom. The van der Waals surface area contributed by atoms with E-state index in [-0.39, 0.29) is 5.41 Å². The molecule has 0 aliphatic rings. The van der Waals surface area contributed by atoms with Crippen LogP contribution in [0.25, 0.3) is 0 Å². The standard InChI is InChI=1S/C13H20N2S/c1-5-14-12(16)15-11-8-6-10(7-9-11)13(2,3)4/h6-9H,5H2,1-4H3,(H2,14,15,16). The molecular weight excluding hydrogens is 216 g/mol. The van der Waals surface area contributed by atoms with Crippen molar-refractivity contribution in [3.63, 3.8) is 0 Å². The SMILES string of the molecule is CCNC(=S)Nc1ccc(C(C)(C)C)cc1. The van der Waals surface area contributed by atoms with Gasteiger partial charge in [0.1, 0.15) is 0 Å². The summed E-state index contributed by atoms with van der Waals surface area (Å²) in [6.45, 7) is 9.48. The van der Waals surface area contributed by atoms with Gasteiger partial charge < -0.3 is 10.6 Å². The van der Waals surface area contributed by atoms with Gasteiger partial charge in [-0.3, -0.25) is 0 Å². The number of rotatable bonds is 2. The van der Waals surface area contributed by atoms with Gasteiger partial charge in [-0.05, 0) is 42.3 Å². The number of hydrogen-bond donors (Lipinski definition) is 2. The second kappa shape index (κ2) is 5.30. The first kappa shape index (κ1) is 13.0. The topological polar surface area (TPSA) is 24.1 Å². The summed E-state index contributed by atoms with van der Waals surface area (Å²) in [4.78, 5) is 0. The van der Waals surface area contributed by atoms with E-state index in [9.17, 15) is 0 Å². The molecule has 0 aliphatic carbocycles. The number of benzene rings is 1. The van der Waals surface area contributed by atoms with Gasteiger partial charge in [-0.1, -0.05) is 32.9 Å². The maximum Gasteiger partial charge on any atom is 0.170 e. The molecule has 0 amide bonds. The van der Waals surface area contributed by atoms with E-state index in [0.717, 1.165) is 12.2 Å². The Bertz CT molecular complexity index is 349. The van der Waals surface area contributed by atoms with Gasteiger partial charge in [-0.2, -0.15) is 0 Å². The Labute approximate surface area is 103 Å². The minimum atomic E-state index is 0.195. The zero-order chi connectivity index (χ0) is 12.2. The average molecular weight is 236 g/mol. The van der Waals surface area contributed by atoms with Gasteiger partial charge in [0.15, 0.2) is 5.11 Å². The van der Waals surface area contributed by atoms with Gasteiger partial charge in [0.05, 0.1) is 0 Å². The summed E-state index contributed by atoms with van der Waals surface area (Å²) in [6.07, 6.45) is 0. The Morgan fingerprint density at radius 2 is 1.75 bits per heavy atom. The molecule has 0 spiro atoms. The fraction of sp³-hybridized carbons (Fsp3) is 0.462. The van der Waals surface area contributed by atoms with Crippen molar-refractivity contribution >= 4 is 23.0 Å². The van der Waals surface area contributed by atoms with Crippen LogP contribution in [0.1, 0.15) is 33.3 Å². The smallest absolute Gasteiger partial charge is 0.170 e. The molecule has 16 heavy (non-hydrogen) atoms. The van der Waals surface area contributed by atoms with Gasteiger partial charge in [0.2, 0.25) is 0 Å². The molecule has 0 heterocycles. The summed E-state index contributed by atoms with van der Waals surface area (Å²) in [5.74, 6) is 0. The Hall–Kier alpha value is -1.09. The quantitative estimate of drug-likeness (QED) is 0.771. The lowest BCUT2D eigenvalue weighted by Gasteiger charge is -2.19. The van der Waals surface area contributed by atoms with E-state index >= 15 is 0 Å². The summed E-state index contributed by atoms with van der Waals surface area (Å²) >= 11 is 5.12. The zero-order valence-corrected chi connectivity index (χ0v) is 11.2. The average Bonchev–Trinajstić information content (AvgIpc) is 2.17. The first-order valence-corrected chi connectivity index (χ1v) is 5.99. The largest absolute Gasteiger partial charge is 0.363 e. The second-order valence-electron chi connectivity index (χ2n) is 4.81. The Kier molecular flexibility index (Phi) is 4.30. The van der Waals surface area contributed by atoms with Crippen LogP contribution in [0, 0.1) is 0 Å². The number of thiocarbonyl (C=S) groups is 1. The molecule has 3 heteroatoms. The monoisotopic (exact) mass is 236 g/mol. The third-order valence-corrected chi connectivity index (χ3v) is 2.59. The van der Waals surface area contributed by atoms with Crippen molar-refractivity contribution in [3.05, 3.63) is 29.8 Å². The molecule has 1 rings (SSSR count). The highest BCUT2D eigenvalue weighted by Crippen LogP contribution is 2.23. The molecule has 0 atom stereocenters. The van der Waals surface area contributed by atoms with E-state index in [1.54, 1.807) is 0 Å². The molecule has 0 aliphatic heterocycles. The van der Waals surface area contributed by atoms with Crippen LogP contribution in [-0.4, -0.2) is 11.7 Å². The van der Waals surface area contributed by atoms with Crippen LogP contribution >= 0.6 is 12.2 Å². The molecule has 0 aromatic heterocycles. The zero-order valence-electron chi connectivity index (χ0n) is 10.4. The van der Waals surface area contributed by atoms with Gasteiger partial charge >= 0.3 is 0 Å². The first-order valence-electron chi connectivity index (χ1n) is 5.59. The van der Waals surface area contributed by atoms with Crippen LogP contribution in [0.15, 0.2) is 24.3 Å². The van der Waals surface area contributed by atoms with Crippen LogP contribution in [-0.2, 0) is 5.41 Å². The number of nitrogens with one attached hydrogen (secondary N) is 2. The molecule has 1 aromatic rings. The van der Waals surface area contributed by atoms with E-state index in [2.05, 4.69) is 55.7 Å². The molecule has 0 bridgehead atoms. The van der Waals surface area contributed by atoms with Crippen molar-refractivity contribution in [2.75, 3.05) is 11.9 Å². The molecule has 0 saturated carbocycles. The van der Waals surface area contributed by atoms with Crippen molar-refractivity contribution in [2.24, 2.45) is 0 Å². The summed E-state index contributed by atoms with van der Waals surface area (Å²) < 4.78 is 0. The maximum atomic E-state index is 5.12. The Balaban J connectivity index is 2.69. The lowest BCUT2D eigenvalue weighted by Crippen LogP contribution is -2.27. The third-order valence-electron chi connectivity index (χ3n) is 2.35. The van der Waals surface area contributed by atoms with Crippen LogP contribution in [0.2, 0.25) is 0 Å². The van der Waals surface area contributed by atoms with E-state index in [1.165, 1.54) is 5.56 Å². The third kappa shape index (κ3) is 3.81. The summed E-state index contributed by atoms with van der Waals surface area (Å²) in [7, 11) is 0. The van der Waals surface area contributed by atoms with Gasteiger partial charge in [0.25, 0.3) is 0 Å². The van der Waals surface area contributed by atoms with Crippen LogP contribution in [0.5, 0.6) is 0 Å². The lowest BCUT2D eigenvalue weighted by molar-refractivity contribution is 0.590. The summed E-state index contributed by atoms with van der Waals surface area (Å²) in [5, 5.41) is 6.87. The summed E-state index contributed by atoms with van der Waals surface area (Å²) in [6, 6.07) is 8.39. The number of anilines is 1. The molecule has 88 valence electrons. The van der Waals surface area contributed by atoms with Crippen molar-refractivity contribution in [2.45, 2.75) is 33.1 Å². The molecule has 0 saturated heterocycles. The van der Waals surface area contributed by atoms with Crippen molar-refractivity contribution in [3.8, 4) is 0 Å². The molecule has 2 N–H and O–H groups in total. The molecule has 2 nitrogen and oxygen atoms in total. The van der Waals surface area contributed by atoms with Crippen molar-refractivity contribution in [1.29, 1.82) is 0 Å². The predicted molar refractivity (Wildman–Crippen MR) is 75.0 cm³/mol. The molecular formula is C13H20N2S. The summed E-state index contributed by atoms with van der Waals surface area (Å²) in [5.41, 5.74) is 2.55. The highest BCUT2D eigenvalue weighted by Gasteiger charge is 2.12. The molecule has 1 aromatic carbocycles. The molecule has 0 radical (unpaired) electrons. The van der Waals surface area contributed by atoms with Crippen LogP contribution in [0.3, 0.4) is 0 Å². The fourth-order valence-electron chi connectivity index (χ4n) is 1.39. The highest BCUT2D eigenvalue weighted by atomic mass is 32.1. The number of hydrogen-bond acceptors (Lipinski definition) is 1.